The second-order valence-corrected chi connectivity index (χ2v) is 4.74. The predicted molar refractivity (Wildman–Crippen MR) is 48.6 cm³/mol. The van der Waals surface area contributed by atoms with Gasteiger partial charge in [0.05, 0.1) is 5.92 Å². The fourth-order valence-corrected chi connectivity index (χ4v) is 1.99. The van der Waals surface area contributed by atoms with E-state index in [1.807, 2.05) is 0 Å². The minimum atomic E-state index is -5.54. The molecule has 0 aromatic rings. The monoisotopic (exact) mass is 276 g/mol. The summed E-state index contributed by atoms with van der Waals surface area (Å²) >= 11 is 0. The Morgan fingerprint density at radius 1 is 1.11 bits per heavy atom. The summed E-state index contributed by atoms with van der Waals surface area (Å²) in [6.07, 6.45) is -11.1. The molecule has 0 amide bonds. The van der Waals surface area contributed by atoms with Crippen molar-refractivity contribution < 1.29 is 36.2 Å². The van der Waals surface area contributed by atoms with Crippen LogP contribution in [0.3, 0.4) is 0 Å². The van der Waals surface area contributed by atoms with Crippen molar-refractivity contribution in [2.75, 3.05) is 0 Å². The molecule has 104 valence electrons. The van der Waals surface area contributed by atoms with Crippen molar-refractivity contribution in [1.29, 1.82) is 0 Å². The van der Waals surface area contributed by atoms with Crippen LogP contribution in [0.1, 0.15) is 13.8 Å². The van der Waals surface area contributed by atoms with Gasteiger partial charge < -0.3 is 5.11 Å². The zero-order valence-corrected chi connectivity index (χ0v) is 9.36. The number of hydrogen-bond donors (Lipinski definition) is 1. The molecule has 2 nitrogen and oxygen atoms in total. The van der Waals surface area contributed by atoms with Gasteiger partial charge in [0.15, 0.2) is 0 Å². The lowest BCUT2D eigenvalue weighted by Crippen LogP contribution is -2.26. The number of alkyl halides is 6. The fourth-order valence-electron chi connectivity index (χ4n) is 1.99. The normalized spacial score (nSPS) is 26.7. The van der Waals surface area contributed by atoms with E-state index in [1.54, 1.807) is 0 Å². The maximum atomic E-state index is 12.2. The number of rotatable bonds is 2. The summed E-state index contributed by atoms with van der Waals surface area (Å²) in [7, 11) is 0. The number of hydrogen-bond acceptors (Lipinski definition) is 1. The lowest BCUT2D eigenvalue weighted by molar-refractivity contribution is -0.172. The maximum Gasteiger partial charge on any atom is 0.421 e. The van der Waals surface area contributed by atoms with E-state index in [0.717, 1.165) is 0 Å². The highest BCUT2D eigenvalue weighted by molar-refractivity contribution is 5.76. The highest BCUT2D eigenvalue weighted by Crippen LogP contribution is 2.60. The molecule has 2 atom stereocenters. The van der Waals surface area contributed by atoms with Crippen LogP contribution in [0.25, 0.3) is 0 Å². The van der Waals surface area contributed by atoms with Crippen molar-refractivity contribution >= 4 is 5.97 Å². The van der Waals surface area contributed by atoms with E-state index in [-0.39, 0.29) is 6.08 Å². The summed E-state index contributed by atoms with van der Waals surface area (Å²) in [5.74, 6) is -3.89. The van der Waals surface area contributed by atoms with Gasteiger partial charge in [-0.3, -0.25) is 4.79 Å². The van der Waals surface area contributed by atoms with Crippen molar-refractivity contribution in [1.82, 2.24) is 0 Å². The van der Waals surface area contributed by atoms with Gasteiger partial charge in [-0.2, -0.15) is 26.3 Å². The number of aliphatic carboxylic acids is 1. The Morgan fingerprint density at radius 2 is 1.50 bits per heavy atom. The number of carbonyl (C=O) groups is 1. The van der Waals surface area contributed by atoms with Crippen LogP contribution in [0.4, 0.5) is 26.3 Å². The summed E-state index contributed by atoms with van der Waals surface area (Å²) in [6, 6.07) is 0. The van der Waals surface area contributed by atoms with E-state index < -0.39 is 41.1 Å². The summed E-state index contributed by atoms with van der Waals surface area (Å²) in [5.41, 5.74) is -3.75. The Morgan fingerprint density at radius 3 is 1.72 bits per heavy atom. The van der Waals surface area contributed by atoms with Crippen molar-refractivity contribution in [3.63, 3.8) is 0 Å². The highest BCUT2D eigenvalue weighted by atomic mass is 19.4. The molecule has 0 aromatic heterocycles. The third kappa shape index (κ3) is 2.62. The number of allylic oxidation sites excluding steroid dienone is 2. The van der Waals surface area contributed by atoms with Crippen molar-refractivity contribution in [2.24, 2.45) is 17.3 Å². The van der Waals surface area contributed by atoms with Gasteiger partial charge in [0.1, 0.15) is 5.57 Å². The molecule has 0 saturated heterocycles. The third-order valence-electron chi connectivity index (χ3n) is 3.13. The average molecular weight is 276 g/mol. The van der Waals surface area contributed by atoms with Crippen LogP contribution in [0.15, 0.2) is 11.6 Å². The Kier molecular flexibility index (Phi) is 3.21. The minimum absolute atomic E-state index is 0.0151. The average Bonchev–Trinajstić information content (AvgIpc) is 2.59. The summed E-state index contributed by atoms with van der Waals surface area (Å²) < 4.78 is 73.5. The number of carboxylic acids is 1. The zero-order valence-electron chi connectivity index (χ0n) is 9.36. The van der Waals surface area contributed by atoms with E-state index in [4.69, 9.17) is 5.11 Å². The van der Waals surface area contributed by atoms with Gasteiger partial charge in [0.25, 0.3) is 0 Å². The molecule has 1 N–H and O–H groups in total. The molecule has 1 rings (SSSR count). The molecule has 18 heavy (non-hydrogen) atoms. The lowest BCUT2D eigenvalue weighted by Gasteiger charge is -2.15. The standard InChI is InChI=1S/C10H10F6O2/c1-8(2)4(6(8)7(17)18)3-5(9(11,12)13)10(14,15)16/h3-4,6H,1-2H3,(H,17,18)/t4-,6+/m1/s1. The molecule has 1 aliphatic rings. The van der Waals surface area contributed by atoms with Gasteiger partial charge >= 0.3 is 18.3 Å². The van der Waals surface area contributed by atoms with Gasteiger partial charge in [-0.1, -0.05) is 19.9 Å². The van der Waals surface area contributed by atoms with E-state index in [2.05, 4.69) is 0 Å². The van der Waals surface area contributed by atoms with Crippen LogP contribution < -0.4 is 0 Å². The first-order valence-corrected chi connectivity index (χ1v) is 4.88. The van der Waals surface area contributed by atoms with Gasteiger partial charge in [0, 0.05) is 0 Å². The van der Waals surface area contributed by atoms with Crippen molar-refractivity contribution in [2.45, 2.75) is 26.2 Å². The van der Waals surface area contributed by atoms with E-state index in [0.29, 0.717) is 0 Å². The van der Waals surface area contributed by atoms with Crippen molar-refractivity contribution in [3.8, 4) is 0 Å². The van der Waals surface area contributed by atoms with Crippen LogP contribution in [-0.2, 0) is 4.79 Å². The topological polar surface area (TPSA) is 37.3 Å². The summed E-state index contributed by atoms with van der Waals surface area (Å²) in [4.78, 5) is 10.7. The molecule has 1 aliphatic carbocycles. The zero-order chi connectivity index (χ0) is 14.5. The molecular weight excluding hydrogens is 266 g/mol. The largest absolute Gasteiger partial charge is 0.481 e. The van der Waals surface area contributed by atoms with Gasteiger partial charge in [0.2, 0.25) is 0 Å². The van der Waals surface area contributed by atoms with Gasteiger partial charge in [-0.15, -0.1) is 0 Å². The first-order chi connectivity index (χ1) is 7.79. The second-order valence-electron chi connectivity index (χ2n) is 4.74. The second kappa shape index (κ2) is 3.89. The van der Waals surface area contributed by atoms with E-state index in [9.17, 15) is 31.1 Å². The Bertz CT molecular complexity index is 374. The van der Waals surface area contributed by atoms with Crippen molar-refractivity contribution in [3.05, 3.63) is 11.6 Å². The molecule has 0 heterocycles. The van der Waals surface area contributed by atoms with Crippen LogP contribution in [-0.4, -0.2) is 23.4 Å². The van der Waals surface area contributed by atoms with Crippen LogP contribution >= 0.6 is 0 Å². The molecular formula is C10H10F6O2. The molecule has 0 bridgehead atoms. The summed E-state index contributed by atoms with van der Waals surface area (Å²) in [6.45, 7) is 2.63. The Hall–Kier alpha value is -1.21. The maximum absolute atomic E-state index is 12.2. The number of carboxylic acid groups (broad SMARTS) is 1. The smallest absolute Gasteiger partial charge is 0.421 e. The number of halogens is 6. The highest BCUT2D eigenvalue weighted by Gasteiger charge is 2.63. The van der Waals surface area contributed by atoms with Crippen LogP contribution in [0.5, 0.6) is 0 Å². The first-order valence-electron chi connectivity index (χ1n) is 4.88. The first kappa shape index (κ1) is 14.8. The molecule has 1 fully saturated rings. The predicted octanol–water partition coefficient (Wildman–Crippen LogP) is 3.39. The Labute approximate surface area is 98.3 Å². The lowest BCUT2D eigenvalue weighted by atomic mass is 10.1. The fraction of sp³-hybridized carbons (Fsp3) is 0.700. The Balaban J connectivity index is 3.11. The molecule has 0 unspecified atom stereocenters. The molecule has 0 radical (unpaired) electrons. The van der Waals surface area contributed by atoms with Crippen LogP contribution in [0, 0.1) is 17.3 Å². The molecule has 8 heteroatoms. The minimum Gasteiger partial charge on any atom is -0.481 e. The van der Waals surface area contributed by atoms with Gasteiger partial charge in [-0.25, -0.2) is 0 Å². The van der Waals surface area contributed by atoms with Crippen LogP contribution in [0.2, 0.25) is 0 Å². The third-order valence-corrected chi connectivity index (χ3v) is 3.13. The summed E-state index contributed by atoms with van der Waals surface area (Å²) in [5, 5.41) is 8.69. The molecule has 0 aliphatic heterocycles. The van der Waals surface area contributed by atoms with Gasteiger partial charge in [-0.05, 0) is 11.3 Å². The van der Waals surface area contributed by atoms with E-state index in [1.165, 1.54) is 13.8 Å². The van der Waals surface area contributed by atoms with E-state index >= 15 is 0 Å². The SMILES string of the molecule is CC1(C)[C@H](C=C(C(F)(F)F)C(F)(F)F)[C@H]1C(=O)O. The molecule has 1 saturated carbocycles. The molecule has 0 aromatic carbocycles. The quantitative estimate of drug-likeness (QED) is 0.620. The molecule has 0 spiro atoms.